The van der Waals surface area contributed by atoms with Crippen LogP contribution in [0.15, 0.2) is 55.6 Å². The number of rotatable bonds is 9. The first-order valence-corrected chi connectivity index (χ1v) is 7.29. The molecular formula is C18H27NO. The van der Waals surface area contributed by atoms with Gasteiger partial charge < -0.3 is 5.11 Å². The molecule has 1 N–H and O–H groups in total. The minimum Gasteiger partial charge on any atom is -0.394 e. The molecule has 0 aromatic heterocycles. The smallest absolute Gasteiger partial charge is 0.0628 e. The molecule has 2 heteroatoms. The summed E-state index contributed by atoms with van der Waals surface area (Å²) in [6, 6.07) is 10.5. The summed E-state index contributed by atoms with van der Waals surface area (Å²) in [7, 11) is 0. The molecule has 0 heterocycles. The second-order valence-corrected chi connectivity index (χ2v) is 5.43. The van der Waals surface area contributed by atoms with Crippen LogP contribution >= 0.6 is 0 Å². The molecule has 1 aromatic rings. The molecule has 110 valence electrons. The highest BCUT2D eigenvalue weighted by atomic mass is 16.3. The highest BCUT2D eigenvalue weighted by molar-refractivity contribution is 5.19. The molecule has 0 amide bonds. The molecule has 0 radical (unpaired) electrons. The van der Waals surface area contributed by atoms with Gasteiger partial charge in [-0.05, 0) is 17.9 Å². The van der Waals surface area contributed by atoms with E-state index in [0.717, 1.165) is 18.5 Å². The molecule has 0 bridgehead atoms. The fourth-order valence-electron chi connectivity index (χ4n) is 2.68. The van der Waals surface area contributed by atoms with Gasteiger partial charge in [-0.1, -0.05) is 56.3 Å². The Balaban J connectivity index is 3.07. The van der Waals surface area contributed by atoms with Gasteiger partial charge in [-0.15, -0.1) is 13.2 Å². The summed E-state index contributed by atoms with van der Waals surface area (Å²) < 4.78 is 0. The predicted octanol–water partition coefficient (Wildman–Crippen LogP) is 3.81. The lowest BCUT2D eigenvalue weighted by molar-refractivity contribution is 0.0732. The summed E-state index contributed by atoms with van der Waals surface area (Å²) in [6.45, 7) is 13.0. The Hall–Kier alpha value is -1.38. The van der Waals surface area contributed by atoms with Crippen LogP contribution < -0.4 is 0 Å². The maximum Gasteiger partial charge on any atom is 0.0628 e. The molecule has 1 rings (SSSR count). The van der Waals surface area contributed by atoms with Crippen LogP contribution in [0.1, 0.15) is 31.9 Å². The van der Waals surface area contributed by atoms with Gasteiger partial charge in [0.15, 0.2) is 0 Å². The van der Waals surface area contributed by atoms with E-state index in [2.05, 4.69) is 44.0 Å². The second kappa shape index (κ2) is 8.72. The van der Waals surface area contributed by atoms with Crippen molar-refractivity contribution in [1.82, 2.24) is 4.90 Å². The molecule has 0 saturated heterocycles. The van der Waals surface area contributed by atoms with Crippen LogP contribution in [0.2, 0.25) is 0 Å². The number of aliphatic hydroxyl groups excluding tert-OH is 1. The first kappa shape index (κ1) is 16.7. The SMILES string of the molecule is C=CC[C@@H](C(C)C)N(CC=C)[C@H](CO)c1ccccc1. The van der Waals surface area contributed by atoms with E-state index in [1.165, 1.54) is 0 Å². The second-order valence-electron chi connectivity index (χ2n) is 5.43. The van der Waals surface area contributed by atoms with E-state index in [4.69, 9.17) is 0 Å². The average molecular weight is 273 g/mol. The molecule has 0 aliphatic carbocycles. The highest BCUT2D eigenvalue weighted by Crippen LogP contribution is 2.27. The van der Waals surface area contributed by atoms with E-state index in [9.17, 15) is 5.11 Å². The van der Waals surface area contributed by atoms with Crippen molar-refractivity contribution in [2.75, 3.05) is 13.2 Å². The predicted molar refractivity (Wildman–Crippen MR) is 86.6 cm³/mol. The molecule has 0 unspecified atom stereocenters. The fourth-order valence-corrected chi connectivity index (χ4v) is 2.68. The summed E-state index contributed by atoms with van der Waals surface area (Å²) in [4.78, 5) is 2.33. The van der Waals surface area contributed by atoms with E-state index in [0.29, 0.717) is 12.0 Å². The van der Waals surface area contributed by atoms with Crippen LogP contribution in [0.25, 0.3) is 0 Å². The van der Waals surface area contributed by atoms with Crippen molar-refractivity contribution in [3.05, 3.63) is 61.2 Å². The number of hydrogen-bond acceptors (Lipinski definition) is 2. The number of hydrogen-bond donors (Lipinski definition) is 1. The van der Waals surface area contributed by atoms with Crippen molar-refractivity contribution in [3.8, 4) is 0 Å². The van der Waals surface area contributed by atoms with Gasteiger partial charge in [-0.2, -0.15) is 0 Å². The van der Waals surface area contributed by atoms with E-state index in [-0.39, 0.29) is 12.6 Å². The first-order chi connectivity index (χ1) is 9.65. The summed E-state index contributed by atoms with van der Waals surface area (Å²) in [6.07, 6.45) is 4.78. The topological polar surface area (TPSA) is 23.5 Å². The van der Waals surface area contributed by atoms with Gasteiger partial charge in [0.05, 0.1) is 12.6 Å². The molecule has 0 aliphatic rings. The van der Waals surface area contributed by atoms with Gasteiger partial charge in [0.2, 0.25) is 0 Å². The van der Waals surface area contributed by atoms with Crippen LogP contribution in [0.5, 0.6) is 0 Å². The molecule has 0 spiro atoms. The van der Waals surface area contributed by atoms with Crippen molar-refractivity contribution in [1.29, 1.82) is 0 Å². The lowest BCUT2D eigenvalue weighted by Gasteiger charge is -2.39. The van der Waals surface area contributed by atoms with Crippen LogP contribution in [0, 0.1) is 5.92 Å². The van der Waals surface area contributed by atoms with Crippen molar-refractivity contribution < 1.29 is 5.11 Å². The van der Waals surface area contributed by atoms with Crippen LogP contribution in [-0.2, 0) is 0 Å². The number of benzene rings is 1. The van der Waals surface area contributed by atoms with Gasteiger partial charge in [0, 0.05) is 12.6 Å². The standard InChI is InChI=1S/C18H27NO/c1-5-10-17(15(3)4)19(13-6-2)18(14-20)16-11-8-7-9-12-16/h5-9,11-12,15,17-18,20H,1-2,10,13-14H2,3-4H3/t17-,18+/m0/s1. The van der Waals surface area contributed by atoms with Crippen LogP contribution in [-0.4, -0.2) is 29.2 Å². The van der Waals surface area contributed by atoms with Gasteiger partial charge >= 0.3 is 0 Å². The third kappa shape index (κ3) is 4.32. The maximum absolute atomic E-state index is 9.87. The summed E-state index contributed by atoms with van der Waals surface area (Å²) >= 11 is 0. The van der Waals surface area contributed by atoms with Crippen molar-refractivity contribution >= 4 is 0 Å². The fraction of sp³-hybridized carbons (Fsp3) is 0.444. The zero-order valence-corrected chi connectivity index (χ0v) is 12.7. The lowest BCUT2D eigenvalue weighted by Crippen LogP contribution is -2.42. The Kier molecular flexibility index (Phi) is 7.27. The van der Waals surface area contributed by atoms with E-state index in [1.807, 2.05) is 30.4 Å². The first-order valence-electron chi connectivity index (χ1n) is 7.29. The lowest BCUT2D eigenvalue weighted by atomic mass is 9.95. The zero-order valence-electron chi connectivity index (χ0n) is 12.7. The minimum absolute atomic E-state index is 0.00144. The van der Waals surface area contributed by atoms with E-state index >= 15 is 0 Å². The summed E-state index contributed by atoms with van der Waals surface area (Å²) in [5, 5.41) is 9.87. The molecule has 2 nitrogen and oxygen atoms in total. The van der Waals surface area contributed by atoms with Crippen molar-refractivity contribution in [3.63, 3.8) is 0 Å². The van der Waals surface area contributed by atoms with Gasteiger partial charge in [-0.25, -0.2) is 0 Å². The van der Waals surface area contributed by atoms with Gasteiger partial charge in [0.1, 0.15) is 0 Å². The summed E-state index contributed by atoms with van der Waals surface area (Å²) in [5.74, 6) is 0.491. The highest BCUT2D eigenvalue weighted by Gasteiger charge is 2.27. The molecule has 0 fully saturated rings. The Labute approximate surface area is 123 Å². The Morgan fingerprint density at radius 1 is 1.15 bits per heavy atom. The Bertz CT molecular complexity index is 399. The minimum atomic E-state index is 0.00144. The summed E-state index contributed by atoms with van der Waals surface area (Å²) in [5.41, 5.74) is 1.14. The Morgan fingerprint density at radius 3 is 2.25 bits per heavy atom. The zero-order chi connectivity index (χ0) is 15.0. The average Bonchev–Trinajstić information content (AvgIpc) is 2.45. The van der Waals surface area contributed by atoms with Crippen LogP contribution in [0.3, 0.4) is 0 Å². The normalized spacial score (nSPS) is 14.2. The third-order valence-corrected chi connectivity index (χ3v) is 3.70. The molecule has 0 aliphatic heterocycles. The van der Waals surface area contributed by atoms with E-state index < -0.39 is 0 Å². The van der Waals surface area contributed by atoms with E-state index in [1.54, 1.807) is 0 Å². The largest absolute Gasteiger partial charge is 0.394 e. The third-order valence-electron chi connectivity index (χ3n) is 3.70. The van der Waals surface area contributed by atoms with Crippen molar-refractivity contribution in [2.45, 2.75) is 32.4 Å². The van der Waals surface area contributed by atoms with Gasteiger partial charge in [-0.3, -0.25) is 4.90 Å². The molecule has 0 saturated carbocycles. The van der Waals surface area contributed by atoms with Crippen LogP contribution in [0.4, 0.5) is 0 Å². The quantitative estimate of drug-likeness (QED) is 0.692. The maximum atomic E-state index is 9.87. The van der Waals surface area contributed by atoms with Crippen molar-refractivity contribution in [2.24, 2.45) is 5.92 Å². The molecular weight excluding hydrogens is 246 g/mol. The number of nitrogens with zero attached hydrogens (tertiary/aromatic N) is 1. The number of aliphatic hydroxyl groups is 1. The Morgan fingerprint density at radius 2 is 1.80 bits per heavy atom. The van der Waals surface area contributed by atoms with Gasteiger partial charge in [0.25, 0.3) is 0 Å². The monoisotopic (exact) mass is 273 g/mol. The molecule has 1 aromatic carbocycles. The molecule has 2 atom stereocenters. The molecule has 20 heavy (non-hydrogen) atoms.